The van der Waals surface area contributed by atoms with Gasteiger partial charge in [-0.2, -0.15) is 0 Å². The van der Waals surface area contributed by atoms with E-state index in [2.05, 4.69) is 23.1 Å². The summed E-state index contributed by atoms with van der Waals surface area (Å²) < 4.78 is 0. The van der Waals surface area contributed by atoms with Crippen LogP contribution in [0.15, 0.2) is 42.5 Å². The number of likely N-dealkylation sites (N-methyl/N-ethyl adjacent to an activating group) is 1. The zero-order valence-electron chi connectivity index (χ0n) is 15.5. The molecule has 0 radical (unpaired) electrons. The Morgan fingerprint density at radius 1 is 1.23 bits per heavy atom. The molecule has 4 nitrogen and oxygen atoms in total. The van der Waals surface area contributed by atoms with E-state index in [0.29, 0.717) is 12.5 Å². The Labute approximate surface area is 160 Å². The third-order valence-corrected chi connectivity index (χ3v) is 5.31. The van der Waals surface area contributed by atoms with E-state index in [1.165, 1.54) is 0 Å². The number of benzene rings is 1. The minimum Gasteiger partial charge on any atom is -0.348 e. The topological polar surface area (TPSA) is 36.4 Å². The molecule has 1 aliphatic rings. The van der Waals surface area contributed by atoms with Crippen LogP contribution in [0.3, 0.4) is 0 Å². The summed E-state index contributed by atoms with van der Waals surface area (Å²) in [5.74, 6) is 0.538. The van der Waals surface area contributed by atoms with Gasteiger partial charge in [-0.1, -0.05) is 35.9 Å². The largest absolute Gasteiger partial charge is 0.348 e. The average Bonchev–Trinajstić information content (AvgIpc) is 2.64. The SMILES string of the molecule is CN(C)C(=O)CN1CCC[C@H](c2cccc(Cc3ccccc3Cl)n2)C1. The van der Waals surface area contributed by atoms with Crippen molar-refractivity contribution in [2.45, 2.75) is 25.2 Å². The van der Waals surface area contributed by atoms with Crippen LogP contribution in [-0.2, 0) is 11.2 Å². The highest BCUT2D eigenvalue weighted by Crippen LogP contribution is 2.26. The van der Waals surface area contributed by atoms with Gasteiger partial charge in [0.05, 0.1) is 6.54 Å². The lowest BCUT2D eigenvalue weighted by Crippen LogP contribution is -2.41. The minimum atomic E-state index is 0.158. The van der Waals surface area contributed by atoms with Gasteiger partial charge >= 0.3 is 0 Å². The maximum absolute atomic E-state index is 12.0. The van der Waals surface area contributed by atoms with Gasteiger partial charge in [-0.3, -0.25) is 14.7 Å². The normalized spacial score (nSPS) is 17.9. The number of rotatable bonds is 5. The molecule has 2 heterocycles. The third-order valence-electron chi connectivity index (χ3n) is 4.94. The molecule has 26 heavy (non-hydrogen) atoms. The highest BCUT2D eigenvalue weighted by molar-refractivity contribution is 6.31. The van der Waals surface area contributed by atoms with Crippen molar-refractivity contribution < 1.29 is 4.79 Å². The van der Waals surface area contributed by atoms with Crippen molar-refractivity contribution in [3.63, 3.8) is 0 Å². The molecule has 0 unspecified atom stereocenters. The molecule has 1 amide bonds. The van der Waals surface area contributed by atoms with E-state index in [0.717, 1.165) is 54.3 Å². The van der Waals surface area contributed by atoms with Crippen LogP contribution in [0.1, 0.15) is 35.7 Å². The standard InChI is InChI=1S/C21H26ClN3O/c1-24(2)21(26)15-25-12-6-8-17(14-25)20-11-5-9-18(23-20)13-16-7-3-4-10-19(16)22/h3-5,7,9-11,17H,6,8,12-15H2,1-2H3/t17-/m0/s1. The van der Waals surface area contributed by atoms with Crippen molar-refractivity contribution in [1.29, 1.82) is 0 Å². The molecule has 1 fully saturated rings. The van der Waals surface area contributed by atoms with Crippen molar-refractivity contribution in [2.75, 3.05) is 33.7 Å². The van der Waals surface area contributed by atoms with Gasteiger partial charge in [0.15, 0.2) is 0 Å². The smallest absolute Gasteiger partial charge is 0.236 e. The Balaban J connectivity index is 1.69. The first-order valence-corrected chi connectivity index (χ1v) is 9.52. The van der Waals surface area contributed by atoms with Crippen LogP contribution in [-0.4, -0.2) is 54.4 Å². The van der Waals surface area contributed by atoms with Crippen LogP contribution in [0.5, 0.6) is 0 Å². The van der Waals surface area contributed by atoms with E-state index in [1.54, 1.807) is 4.90 Å². The summed E-state index contributed by atoms with van der Waals surface area (Å²) in [5.41, 5.74) is 3.26. The number of likely N-dealkylation sites (tertiary alicyclic amines) is 1. The maximum atomic E-state index is 12.0. The molecule has 1 saturated heterocycles. The summed E-state index contributed by atoms with van der Waals surface area (Å²) in [5, 5.41) is 0.783. The van der Waals surface area contributed by atoms with E-state index >= 15 is 0 Å². The second kappa shape index (κ2) is 8.65. The lowest BCUT2D eigenvalue weighted by molar-refractivity contribution is -0.130. The predicted molar refractivity (Wildman–Crippen MR) is 106 cm³/mol. The third kappa shape index (κ3) is 4.83. The van der Waals surface area contributed by atoms with Crippen LogP contribution >= 0.6 is 11.6 Å². The van der Waals surface area contributed by atoms with Crippen LogP contribution in [0, 0.1) is 0 Å². The first-order chi connectivity index (χ1) is 12.5. The monoisotopic (exact) mass is 371 g/mol. The molecule has 2 aromatic rings. The quantitative estimate of drug-likeness (QED) is 0.805. The Morgan fingerprint density at radius 3 is 2.81 bits per heavy atom. The number of amides is 1. The van der Waals surface area contributed by atoms with E-state index in [9.17, 15) is 4.79 Å². The molecule has 1 atom stereocenters. The molecule has 1 aromatic heterocycles. The molecule has 0 spiro atoms. The fourth-order valence-electron chi connectivity index (χ4n) is 3.43. The number of carbonyl (C=O) groups is 1. The van der Waals surface area contributed by atoms with Gasteiger partial charge in [0, 0.05) is 49.4 Å². The Bertz CT molecular complexity index is 762. The maximum Gasteiger partial charge on any atom is 0.236 e. The second-order valence-corrected chi connectivity index (χ2v) is 7.59. The van der Waals surface area contributed by atoms with Gasteiger partial charge in [0.2, 0.25) is 5.91 Å². The highest BCUT2D eigenvalue weighted by atomic mass is 35.5. The number of pyridine rings is 1. The van der Waals surface area contributed by atoms with Crippen molar-refractivity contribution in [2.24, 2.45) is 0 Å². The molecular formula is C21H26ClN3O. The number of nitrogens with zero attached hydrogens (tertiary/aromatic N) is 3. The van der Waals surface area contributed by atoms with Crippen LogP contribution in [0.4, 0.5) is 0 Å². The van der Waals surface area contributed by atoms with Gasteiger partial charge < -0.3 is 4.90 Å². The summed E-state index contributed by atoms with van der Waals surface area (Å²) in [6.45, 7) is 2.36. The first-order valence-electron chi connectivity index (χ1n) is 9.14. The summed E-state index contributed by atoms with van der Waals surface area (Å²) in [7, 11) is 3.62. The number of aromatic nitrogens is 1. The molecule has 3 rings (SSSR count). The number of hydrogen-bond acceptors (Lipinski definition) is 3. The predicted octanol–water partition coefficient (Wildman–Crippen LogP) is 3.59. The van der Waals surface area contributed by atoms with Gasteiger partial charge in [-0.15, -0.1) is 0 Å². The lowest BCUT2D eigenvalue weighted by Gasteiger charge is -2.32. The number of carbonyl (C=O) groups excluding carboxylic acids is 1. The van der Waals surface area contributed by atoms with Crippen molar-refractivity contribution in [3.05, 3.63) is 64.4 Å². The van der Waals surface area contributed by atoms with E-state index in [4.69, 9.17) is 16.6 Å². The fourth-order valence-corrected chi connectivity index (χ4v) is 3.64. The molecule has 0 bridgehead atoms. The fraction of sp³-hybridized carbons (Fsp3) is 0.429. The van der Waals surface area contributed by atoms with Gasteiger partial charge in [0.1, 0.15) is 0 Å². The van der Waals surface area contributed by atoms with E-state index in [1.807, 2.05) is 38.4 Å². The van der Waals surface area contributed by atoms with Gasteiger partial charge in [0.25, 0.3) is 0 Å². The first kappa shape index (κ1) is 18.9. The summed E-state index contributed by atoms with van der Waals surface area (Å²) in [6, 6.07) is 14.2. The zero-order chi connectivity index (χ0) is 18.5. The molecule has 0 saturated carbocycles. The van der Waals surface area contributed by atoms with Crippen molar-refractivity contribution in [3.8, 4) is 0 Å². The van der Waals surface area contributed by atoms with Gasteiger partial charge in [-0.05, 0) is 43.1 Å². The number of hydrogen-bond donors (Lipinski definition) is 0. The molecule has 0 aliphatic carbocycles. The average molecular weight is 372 g/mol. The molecule has 5 heteroatoms. The summed E-state index contributed by atoms with van der Waals surface area (Å²) in [4.78, 5) is 20.8. The van der Waals surface area contributed by atoms with Crippen LogP contribution in [0.25, 0.3) is 0 Å². The number of piperidine rings is 1. The highest BCUT2D eigenvalue weighted by Gasteiger charge is 2.24. The molecule has 1 aliphatic heterocycles. The minimum absolute atomic E-state index is 0.158. The van der Waals surface area contributed by atoms with Crippen molar-refractivity contribution >= 4 is 17.5 Å². The molecular weight excluding hydrogens is 346 g/mol. The second-order valence-electron chi connectivity index (χ2n) is 7.18. The number of halogens is 1. The molecule has 1 aromatic carbocycles. The Morgan fingerprint density at radius 2 is 2.04 bits per heavy atom. The van der Waals surface area contributed by atoms with Crippen molar-refractivity contribution in [1.82, 2.24) is 14.8 Å². The van der Waals surface area contributed by atoms with Gasteiger partial charge in [-0.25, -0.2) is 0 Å². The summed E-state index contributed by atoms with van der Waals surface area (Å²) >= 11 is 6.29. The van der Waals surface area contributed by atoms with Crippen LogP contribution in [0.2, 0.25) is 5.02 Å². The van der Waals surface area contributed by atoms with Crippen LogP contribution < -0.4 is 0 Å². The molecule has 138 valence electrons. The Kier molecular flexibility index (Phi) is 6.28. The van der Waals surface area contributed by atoms with E-state index in [-0.39, 0.29) is 5.91 Å². The zero-order valence-corrected chi connectivity index (χ0v) is 16.2. The Hall–Kier alpha value is -1.91. The molecule has 0 N–H and O–H groups in total. The summed E-state index contributed by atoms with van der Waals surface area (Å²) in [6.07, 6.45) is 2.96. The lowest BCUT2D eigenvalue weighted by atomic mass is 9.94. The van der Waals surface area contributed by atoms with E-state index < -0.39 is 0 Å².